The minimum absolute atomic E-state index is 0.130. The zero-order valence-corrected chi connectivity index (χ0v) is 11.8. The Hall–Kier alpha value is -1.51. The van der Waals surface area contributed by atoms with Gasteiger partial charge < -0.3 is 9.84 Å². The molecule has 1 aromatic rings. The van der Waals surface area contributed by atoms with E-state index in [4.69, 9.17) is 4.74 Å². The van der Waals surface area contributed by atoms with Crippen molar-refractivity contribution < 1.29 is 14.6 Å². The number of aliphatic carboxylic acids is 1. The van der Waals surface area contributed by atoms with Gasteiger partial charge in [0.15, 0.2) is 0 Å². The molecule has 0 heterocycles. The van der Waals surface area contributed by atoms with Gasteiger partial charge in [0, 0.05) is 0 Å². The molecule has 1 rings (SSSR count). The van der Waals surface area contributed by atoms with Gasteiger partial charge in [0.25, 0.3) is 0 Å². The van der Waals surface area contributed by atoms with Gasteiger partial charge in [-0.05, 0) is 42.9 Å². The SMILES string of the molecule is COc1c(C)cc(CC(C(=O)O)C(C)C)cc1C. The number of carbonyl (C=O) groups is 1. The van der Waals surface area contributed by atoms with E-state index in [9.17, 15) is 9.90 Å². The molecule has 0 aliphatic heterocycles. The smallest absolute Gasteiger partial charge is 0.307 e. The molecule has 1 atom stereocenters. The zero-order chi connectivity index (χ0) is 13.9. The Morgan fingerprint density at radius 3 is 2.11 bits per heavy atom. The summed E-state index contributed by atoms with van der Waals surface area (Å²) in [5.41, 5.74) is 3.17. The predicted octanol–water partition coefficient (Wildman–Crippen LogP) is 3.21. The first kappa shape index (κ1) is 14.6. The van der Waals surface area contributed by atoms with Crippen molar-refractivity contribution in [2.24, 2.45) is 11.8 Å². The number of carboxylic acid groups (broad SMARTS) is 1. The van der Waals surface area contributed by atoms with Gasteiger partial charge in [-0.1, -0.05) is 26.0 Å². The summed E-state index contributed by atoms with van der Waals surface area (Å²) in [6, 6.07) is 4.04. The number of benzene rings is 1. The molecule has 0 radical (unpaired) electrons. The van der Waals surface area contributed by atoms with Crippen LogP contribution in [0.4, 0.5) is 0 Å². The van der Waals surface area contributed by atoms with Gasteiger partial charge in [-0.15, -0.1) is 0 Å². The van der Waals surface area contributed by atoms with E-state index in [-0.39, 0.29) is 11.8 Å². The molecule has 18 heavy (non-hydrogen) atoms. The highest BCUT2D eigenvalue weighted by molar-refractivity contribution is 5.70. The lowest BCUT2D eigenvalue weighted by molar-refractivity contribution is -0.143. The molecule has 1 unspecified atom stereocenters. The van der Waals surface area contributed by atoms with Gasteiger partial charge >= 0.3 is 5.97 Å². The molecular formula is C15H22O3. The highest BCUT2D eigenvalue weighted by Crippen LogP contribution is 2.27. The quantitative estimate of drug-likeness (QED) is 0.872. The maximum Gasteiger partial charge on any atom is 0.307 e. The minimum atomic E-state index is -0.726. The molecule has 0 saturated heterocycles. The van der Waals surface area contributed by atoms with E-state index >= 15 is 0 Å². The first-order valence-electron chi connectivity index (χ1n) is 6.23. The number of hydrogen-bond acceptors (Lipinski definition) is 2. The first-order chi connectivity index (χ1) is 8.36. The summed E-state index contributed by atoms with van der Waals surface area (Å²) in [4.78, 5) is 11.2. The molecule has 0 aromatic heterocycles. The van der Waals surface area contributed by atoms with Crippen LogP contribution in [0.5, 0.6) is 5.75 Å². The Bertz CT molecular complexity index is 412. The van der Waals surface area contributed by atoms with Crippen molar-refractivity contribution in [3.05, 3.63) is 28.8 Å². The minimum Gasteiger partial charge on any atom is -0.496 e. The fraction of sp³-hybridized carbons (Fsp3) is 0.533. The third-order valence-corrected chi connectivity index (χ3v) is 3.30. The molecule has 3 heteroatoms. The number of methoxy groups -OCH3 is 1. The topological polar surface area (TPSA) is 46.5 Å². The van der Waals surface area contributed by atoms with Crippen molar-refractivity contribution in [2.45, 2.75) is 34.1 Å². The lowest BCUT2D eigenvalue weighted by atomic mass is 9.88. The number of hydrogen-bond donors (Lipinski definition) is 1. The molecule has 1 aromatic carbocycles. The number of carboxylic acids is 1. The number of ether oxygens (including phenoxy) is 1. The second-order valence-corrected chi connectivity index (χ2v) is 5.16. The summed E-state index contributed by atoms with van der Waals surface area (Å²) in [6.07, 6.45) is 0.568. The molecule has 0 bridgehead atoms. The van der Waals surface area contributed by atoms with E-state index in [0.717, 1.165) is 22.4 Å². The average molecular weight is 250 g/mol. The normalized spacial score (nSPS) is 12.6. The van der Waals surface area contributed by atoms with Gasteiger partial charge in [0.2, 0.25) is 0 Å². The zero-order valence-electron chi connectivity index (χ0n) is 11.8. The Morgan fingerprint density at radius 2 is 1.78 bits per heavy atom. The molecular weight excluding hydrogens is 228 g/mol. The van der Waals surface area contributed by atoms with E-state index in [1.165, 1.54) is 0 Å². The molecule has 0 aliphatic rings. The second-order valence-electron chi connectivity index (χ2n) is 5.16. The summed E-state index contributed by atoms with van der Waals surface area (Å²) in [6.45, 7) is 7.87. The van der Waals surface area contributed by atoms with Gasteiger partial charge in [0.05, 0.1) is 13.0 Å². The van der Waals surface area contributed by atoms with Crippen LogP contribution in [0.1, 0.15) is 30.5 Å². The standard InChI is InChI=1S/C15H22O3/c1-9(2)13(15(16)17)8-12-6-10(3)14(18-5)11(4)7-12/h6-7,9,13H,8H2,1-5H3,(H,16,17). The number of rotatable bonds is 5. The first-order valence-corrected chi connectivity index (χ1v) is 6.23. The van der Waals surface area contributed by atoms with Crippen LogP contribution < -0.4 is 4.74 Å². The Kier molecular flexibility index (Phi) is 4.76. The van der Waals surface area contributed by atoms with Crippen LogP contribution in [0.2, 0.25) is 0 Å². The van der Waals surface area contributed by atoms with Crippen molar-refractivity contribution in [3.63, 3.8) is 0 Å². The third kappa shape index (κ3) is 3.25. The van der Waals surface area contributed by atoms with Gasteiger partial charge in [-0.2, -0.15) is 0 Å². The summed E-state index contributed by atoms with van der Waals surface area (Å²) >= 11 is 0. The maximum absolute atomic E-state index is 11.2. The Labute approximate surface area is 109 Å². The molecule has 0 fully saturated rings. The van der Waals surface area contributed by atoms with Crippen LogP contribution >= 0.6 is 0 Å². The van der Waals surface area contributed by atoms with Crippen LogP contribution in [0, 0.1) is 25.7 Å². The summed E-state index contributed by atoms with van der Waals surface area (Å²) in [7, 11) is 1.66. The second kappa shape index (κ2) is 5.89. The lowest BCUT2D eigenvalue weighted by Crippen LogP contribution is -2.22. The van der Waals surface area contributed by atoms with E-state index < -0.39 is 5.97 Å². The maximum atomic E-state index is 11.2. The van der Waals surface area contributed by atoms with E-state index in [0.29, 0.717) is 6.42 Å². The van der Waals surface area contributed by atoms with Crippen molar-refractivity contribution in [1.29, 1.82) is 0 Å². The Morgan fingerprint density at radius 1 is 1.28 bits per heavy atom. The van der Waals surface area contributed by atoms with Gasteiger partial charge in [-0.3, -0.25) is 4.79 Å². The molecule has 3 nitrogen and oxygen atoms in total. The van der Waals surface area contributed by atoms with Crippen molar-refractivity contribution >= 4 is 5.97 Å². The summed E-state index contributed by atoms with van der Waals surface area (Å²) in [5, 5.41) is 9.22. The monoisotopic (exact) mass is 250 g/mol. The van der Waals surface area contributed by atoms with Gasteiger partial charge in [0.1, 0.15) is 5.75 Å². The fourth-order valence-electron chi connectivity index (χ4n) is 2.34. The Balaban J connectivity index is 3.01. The molecule has 1 N–H and O–H groups in total. The van der Waals surface area contributed by atoms with E-state index in [1.807, 2.05) is 39.8 Å². The summed E-state index contributed by atoms with van der Waals surface area (Å²) in [5.74, 6) is -0.0475. The average Bonchev–Trinajstić information content (AvgIpc) is 2.24. The van der Waals surface area contributed by atoms with E-state index in [1.54, 1.807) is 7.11 Å². The molecule has 0 spiro atoms. The molecule has 0 amide bonds. The highest BCUT2D eigenvalue weighted by atomic mass is 16.5. The third-order valence-electron chi connectivity index (χ3n) is 3.30. The largest absolute Gasteiger partial charge is 0.496 e. The van der Waals surface area contributed by atoms with Crippen LogP contribution in [-0.2, 0) is 11.2 Å². The fourth-order valence-corrected chi connectivity index (χ4v) is 2.34. The summed E-state index contributed by atoms with van der Waals surface area (Å²) < 4.78 is 5.31. The molecule has 0 saturated carbocycles. The lowest BCUT2D eigenvalue weighted by Gasteiger charge is -2.18. The van der Waals surface area contributed by atoms with Crippen LogP contribution in [0.25, 0.3) is 0 Å². The number of aryl methyl sites for hydroxylation is 2. The van der Waals surface area contributed by atoms with Crippen LogP contribution in [0.15, 0.2) is 12.1 Å². The van der Waals surface area contributed by atoms with Gasteiger partial charge in [-0.25, -0.2) is 0 Å². The molecule has 0 aliphatic carbocycles. The van der Waals surface area contributed by atoms with Crippen LogP contribution in [-0.4, -0.2) is 18.2 Å². The highest BCUT2D eigenvalue weighted by Gasteiger charge is 2.22. The van der Waals surface area contributed by atoms with Crippen LogP contribution in [0.3, 0.4) is 0 Å². The van der Waals surface area contributed by atoms with Crippen molar-refractivity contribution in [2.75, 3.05) is 7.11 Å². The predicted molar refractivity (Wildman–Crippen MR) is 72.1 cm³/mol. The van der Waals surface area contributed by atoms with Crippen molar-refractivity contribution in [3.8, 4) is 5.75 Å². The van der Waals surface area contributed by atoms with Crippen molar-refractivity contribution in [1.82, 2.24) is 0 Å². The van der Waals surface area contributed by atoms with E-state index in [2.05, 4.69) is 0 Å². The molecule has 100 valence electrons.